The zero-order valence-electron chi connectivity index (χ0n) is 13.2. The predicted octanol–water partition coefficient (Wildman–Crippen LogP) is -3.13. The molecule has 0 unspecified atom stereocenters. The third-order valence-electron chi connectivity index (χ3n) is 0.515. The van der Waals surface area contributed by atoms with Gasteiger partial charge in [0.25, 0.3) is 0 Å². The summed E-state index contributed by atoms with van der Waals surface area (Å²) in [5.74, 6) is -3.01. The van der Waals surface area contributed by atoms with Crippen LogP contribution >= 0.6 is 0 Å². The molecule has 0 aromatic carbocycles. The second kappa shape index (κ2) is 12.3. The van der Waals surface area contributed by atoms with E-state index in [0.29, 0.717) is 0 Å². The number of carboxylic acid groups (broad SMARTS) is 1. The first-order chi connectivity index (χ1) is 9.66. The van der Waals surface area contributed by atoms with Crippen molar-refractivity contribution >= 4 is 16.1 Å². The largest absolute Gasteiger partial charge is 0.741 e. The summed E-state index contributed by atoms with van der Waals surface area (Å²) >= 11 is 0. The molecule has 144 valence electrons. The maximum Gasteiger partial charge on any atom is 0.485 e. The van der Waals surface area contributed by atoms with Crippen molar-refractivity contribution in [2.45, 2.75) is 11.7 Å². The second-order valence-electron chi connectivity index (χ2n) is 4.69. The molecule has 2 N–H and O–H groups in total. The van der Waals surface area contributed by atoms with Crippen LogP contribution in [0.4, 0.5) is 26.3 Å². The van der Waals surface area contributed by atoms with E-state index in [1.54, 1.807) is 0 Å². The molecule has 14 heteroatoms. The Morgan fingerprint density at radius 3 is 0.913 bits per heavy atom. The Morgan fingerprint density at radius 2 is 0.913 bits per heavy atom. The van der Waals surface area contributed by atoms with E-state index in [-0.39, 0.29) is 0 Å². The van der Waals surface area contributed by atoms with Crippen LogP contribution in [0.15, 0.2) is 0 Å². The summed E-state index contributed by atoms with van der Waals surface area (Å²) in [6.07, 6.45) is -5.19. The van der Waals surface area contributed by atoms with E-state index in [1.165, 1.54) is 9.80 Å². The third-order valence-corrected chi connectivity index (χ3v) is 1.08. The highest BCUT2D eigenvalue weighted by molar-refractivity contribution is 7.86. The molecular weight excluding hydrogens is 362 g/mol. The Kier molecular flexibility index (Phi) is 16.0. The Hall–Kier alpha value is -1.12. The molecule has 0 aromatic heterocycles. The molecule has 0 aromatic rings. The highest BCUT2D eigenvalue weighted by Gasteiger charge is 2.36. The average Bonchev–Trinajstić information content (AvgIpc) is 2.10. The maximum atomic E-state index is 10.7. The number of aliphatic carboxylic acids is 1. The molecule has 0 atom stereocenters. The van der Waals surface area contributed by atoms with Gasteiger partial charge in [-0.25, -0.2) is 8.42 Å². The smallest absolute Gasteiger partial charge is 0.485 e. The summed E-state index contributed by atoms with van der Waals surface area (Å²) in [4.78, 5) is 11.6. The summed E-state index contributed by atoms with van der Waals surface area (Å²) in [6.45, 7) is 0. The monoisotopic (exact) mass is 382 g/mol. The van der Waals surface area contributed by atoms with Gasteiger partial charge in [0, 0.05) is 0 Å². The zero-order valence-corrected chi connectivity index (χ0v) is 14.0. The standard InChI is InChI=1S/2C3H9N.C2HF3O2.CHF3O3S/c2*1-4(2)3;3-2(4,5)1(6)7;2-1(3,4)8(5,6)7/h2*1-3H3;(H,6,7);(H,5,6,7). The highest BCUT2D eigenvalue weighted by atomic mass is 32.2. The molecule has 0 radical (unpaired) electrons. The van der Waals surface area contributed by atoms with Gasteiger partial charge in [0.2, 0.25) is 0 Å². The van der Waals surface area contributed by atoms with Crippen LogP contribution in [0.5, 0.6) is 0 Å². The maximum absolute atomic E-state index is 10.7. The van der Waals surface area contributed by atoms with Crippen molar-refractivity contribution in [3.8, 4) is 0 Å². The summed E-state index contributed by atoms with van der Waals surface area (Å²) in [7, 11) is 6.41. The molecule has 23 heavy (non-hydrogen) atoms. The number of hydrogen-bond acceptors (Lipinski definition) is 5. The number of halogens is 6. The van der Waals surface area contributed by atoms with Crippen molar-refractivity contribution in [2.24, 2.45) is 0 Å². The SMILES string of the molecule is C[NH+](C)C.C[NH+](C)C.O=C([O-])C(F)(F)F.O=S(=O)([O-])C(F)(F)F. The molecule has 0 saturated heterocycles. The molecule has 0 aliphatic rings. The van der Waals surface area contributed by atoms with Crippen molar-refractivity contribution in [3.63, 3.8) is 0 Å². The van der Waals surface area contributed by atoms with Gasteiger partial charge in [-0.3, -0.25) is 0 Å². The van der Waals surface area contributed by atoms with E-state index < -0.39 is 27.8 Å². The van der Waals surface area contributed by atoms with Crippen LogP contribution in [-0.4, -0.2) is 72.9 Å². The van der Waals surface area contributed by atoms with Gasteiger partial charge in [0.05, 0.1) is 42.3 Å². The van der Waals surface area contributed by atoms with Gasteiger partial charge in [0.15, 0.2) is 10.1 Å². The normalized spacial score (nSPS) is 11.4. The van der Waals surface area contributed by atoms with Crippen molar-refractivity contribution in [1.82, 2.24) is 0 Å². The summed E-state index contributed by atoms with van der Waals surface area (Å²) < 4.78 is 90.5. The zero-order chi connectivity index (χ0) is 20.2. The van der Waals surface area contributed by atoms with Crippen molar-refractivity contribution in [2.75, 3.05) is 42.3 Å². The van der Waals surface area contributed by atoms with E-state index in [4.69, 9.17) is 22.9 Å². The van der Waals surface area contributed by atoms with Crippen LogP contribution in [-0.2, 0) is 14.9 Å². The quantitative estimate of drug-likeness (QED) is 0.262. The lowest BCUT2D eigenvalue weighted by molar-refractivity contribution is -0.836. The number of rotatable bonds is 0. The minimum absolute atomic E-state index is 1.42. The molecular formula is C9H20F6N2O5S. The second-order valence-corrected chi connectivity index (χ2v) is 6.06. The van der Waals surface area contributed by atoms with Gasteiger partial charge in [0.1, 0.15) is 5.97 Å². The molecule has 0 amide bonds. The first kappa shape index (κ1) is 29.8. The molecule has 0 bridgehead atoms. The van der Waals surface area contributed by atoms with Gasteiger partial charge >= 0.3 is 11.7 Å². The Balaban J connectivity index is -0.000000110. The fraction of sp³-hybridized carbons (Fsp3) is 0.889. The molecule has 0 rings (SSSR count). The minimum Gasteiger partial charge on any atom is -0.741 e. The van der Waals surface area contributed by atoms with E-state index in [9.17, 15) is 26.3 Å². The topological polar surface area (TPSA) is 106 Å². The number of alkyl halides is 6. The van der Waals surface area contributed by atoms with Crippen LogP contribution in [0, 0.1) is 0 Å². The first-order valence-electron chi connectivity index (χ1n) is 5.50. The highest BCUT2D eigenvalue weighted by Crippen LogP contribution is 2.20. The Labute approximate surface area is 130 Å². The molecule has 0 spiro atoms. The van der Waals surface area contributed by atoms with E-state index in [0.717, 1.165) is 0 Å². The lowest BCUT2D eigenvalue weighted by Crippen LogP contribution is -3.02. The van der Waals surface area contributed by atoms with Gasteiger partial charge in [-0.05, 0) is 0 Å². The first-order valence-corrected chi connectivity index (χ1v) is 6.90. The van der Waals surface area contributed by atoms with E-state index in [1.807, 2.05) is 0 Å². The average molecular weight is 382 g/mol. The minimum atomic E-state index is -6.09. The molecule has 0 aliphatic carbocycles. The van der Waals surface area contributed by atoms with Crippen LogP contribution in [0.1, 0.15) is 0 Å². The Bertz CT molecular complexity index is 394. The molecule has 0 aliphatic heterocycles. The van der Waals surface area contributed by atoms with Crippen molar-refractivity contribution in [3.05, 3.63) is 0 Å². The molecule has 0 saturated carbocycles. The molecule has 0 heterocycles. The number of quaternary nitrogens is 2. The lowest BCUT2D eigenvalue weighted by Gasteiger charge is -2.08. The van der Waals surface area contributed by atoms with E-state index in [2.05, 4.69) is 42.3 Å². The summed E-state index contributed by atoms with van der Waals surface area (Å²) in [5, 5.41) is 8.78. The number of carbonyl (C=O) groups excluding carboxylic acids is 1. The van der Waals surface area contributed by atoms with Crippen LogP contribution in [0.25, 0.3) is 0 Å². The summed E-state index contributed by atoms with van der Waals surface area (Å²) in [5.41, 5.74) is -5.65. The van der Waals surface area contributed by atoms with Crippen LogP contribution in [0.3, 0.4) is 0 Å². The molecule has 7 nitrogen and oxygen atoms in total. The Morgan fingerprint density at radius 1 is 0.826 bits per heavy atom. The number of carbonyl (C=O) groups is 1. The number of carboxylic acids is 1. The van der Waals surface area contributed by atoms with Crippen molar-refractivity contribution < 1.29 is 59.0 Å². The van der Waals surface area contributed by atoms with Gasteiger partial charge in [-0.1, -0.05) is 0 Å². The van der Waals surface area contributed by atoms with E-state index >= 15 is 0 Å². The van der Waals surface area contributed by atoms with Crippen molar-refractivity contribution in [1.29, 1.82) is 0 Å². The van der Waals surface area contributed by atoms with Gasteiger partial charge in [-0.15, -0.1) is 0 Å². The van der Waals surface area contributed by atoms with Gasteiger partial charge in [-0.2, -0.15) is 26.3 Å². The summed E-state index contributed by atoms with van der Waals surface area (Å²) in [6, 6.07) is 0. The lowest BCUT2D eigenvalue weighted by atomic mass is 10.7. The third kappa shape index (κ3) is 38.6. The van der Waals surface area contributed by atoms with Crippen LogP contribution < -0.4 is 14.9 Å². The van der Waals surface area contributed by atoms with Crippen LogP contribution in [0.2, 0.25) is 0 Å². The number of nitrogens with one attached hydrogen (secondary N) is 2. The fourth-order valence-corrected chi connectivity index (χ4v) is 0. The number of hydrogen-bond donors (Lipinski definition) is 2. The van der Waals surface area contributed by atoms with Gasteiger partial charge < -0.3 is 24.3 Å². The fourth-order valence-electron chi connectivity index (χ4n) is 0. The molecule has 0 fully saturated rings. The predicted molar refractivity (Wildman–Crippen MR) is 64.3 cm³/mol.